The molecule has 3 N–H and O–H groups in total. The summed E-state index contributed by atoms with van der Waals surface area (Å²) in [4.78, 5) is 0. The van der Waals surface area contributed by atoms with E-state index < -0.39 is 0 Å². The van der Waals surface area contributed by atoms with Gasteiger partial charge in [-0.3, -0.25) is 0 Å². The molecular weight excluding hydrogens is 227 g/mol. The van der Waals surface area contributed by atoms with E-state index in [1.165, 1.54) is 10.8 Å². The second kappa shape index (κ2) is 8.65. The van der Waals surface area contributed by atoms with Crippen LogP contribution in [0.4, 0.5) is 0 Å². The van der Waals surface area contributed by atoms with Gasteiger partial charge in [0.15, 0.2) is 0 Å². The highest BCUT2D eigenvalue weighted by molar-refractivity contribution is 14.1. The van der Waals surface area contributed by atoms with Crippen LogP contribution in [0.15, 0.2) is 0 Å². The molecule has 0 aromatic heterocycles. The van der Waals surface area contributed by atoms with Crippen LogP contribution in [-0.4, -0.2) is 24.1 Å². The molecule has 0 amide bonds. The van der Waals surface area contributed by atoms with Gasteiger partial charge in [0.05, 0.1) is 0 Å². The molecule has 0 rings (SSSR count). The third kappa shape index (κ3) is 8.65. The van der Waals surface area contributed by atoms with Crippen LogP contribution in [0.5, 0.6) is 0 Å². The van der Waals surface area contributed by atoms with Crippen LogP contribution in [0.3, 0.4) is 0 Å². The van der Waals surface area contributed by atoms with Crippen LogP contribution < -0.4 is 11.1 Å². The van der Waals surface area contributed by atoms with Crippen molar-refractivity contribution in [2.45, 2.75) is 12.8 Å². The SMILES string of the molecule is NCCCNCCCI. The Balaban J connectivity index is 2.60. The van der Waals surface area contributed by atoms with Crippen molar-refractivity contribution in [1.82, 2.24) is 5.32 Å². The van der Waals surface area contributed by atoms with Crippen LogP contribution >= 0.6 is 22.6 Å². The lowest BCUT2D eigenvalue weighted by molar-refractivity contribution is 0.649. The van der Waals surface area contributed by atoms with Crippen molar-refractivity contribution in [2.24, 2.45) is 5.73 Å². The fourth-order valence-corrected chi connectivity index (χ4v) is 0.925. The minimum Gasteiger partial charge on any atom is -0.330 e. The molecule has 0 saturated heterocycles. The third-order valence-corrected chi connectivity index (χ3v) is 1.81. The molecule has 0 fully saturated rings. The molecular formula is C6H15IN2. The average Bonchev–Trinajstić information content (AvgIpc) is 1.89. The van der Waals surface area contributed by atoms with Crippen molar-refractivity contribution < 1.29 is 0 Å². The molecule has 0 aliphatic rings. The summed E-state index contributed by atoms with van der Waals surface area (Å²) in [6.07, 6.45) is 2.37. The number of hydrogen-bond donors (Lipinski definition) is 2. The molecule has 0 saturated carbocycles. The quantitative estimate of drug-likeness (QED) is 0.410. The van der Waals surface area contributed by atoms with Crippen molar-refractivity contribution in [3.05, 3.63) is 0 Å². The Bertz CT molecular complexity index is 44.3. The van der Waals surface area contributed by atoms with E-state index in [4.69, 9.17) is 5.73 Å². The lowest BCUT2D eigenvalue weighted by Crippen LogP contribution is -2.19. The average molecular weight is 242 g/mol. The zero-order chi connectivity index (χ0) is 6.95. The first-order valence-electron chi connectivity index (χ1n) is 3.38. The van der Waals surface area contributed by atoms with Crippen molar-refractivity contribution in [3.63, 3.8) is 0 Å². The molecule has 2 nitrogen and oxygen atoms in total. The second-order valence-electron chi connectivity index (χ2n) is 1.93. The van der Waals surface area contributed by atoms with Crippen LogP contribution in [0, 0.1) is 0 Å². The summed E-state index contributed by atoms with van der Waals surface area (Å²) >= 11 is 2.38. The van der Waals surface area contributed by atoms with Gasteiger partial charge < -0.3 is 11.1 Å². The Kier molecular flexibility index (Phi) is 9.27. The fourth-order valence-electron chi connectivity index (χ4n) is 0.544. The van der Waals surface area contributed by atoms with E-state index in [0.717, 1.165) is 26.1 Å². The minimum absolute atomic E-state index is 0.803. The van der Waals surface area contributed by atoms with Crippen molar-refractivity contribution in [1.29, 1.82) is 0 Å². The van der Waals surface area contributed by atoms with Gasteiger partial charge in [-0.15, -0.1) is 0 Å². The molecule has 0 atom stereocenters. The number of rotatable bonds is 6. The number of alkyl halides is 1. The first kappa shape index (κ1) is 9.65. The molecule has 0 aliphatic carbocycles. The van der Waals surface area contributed by atoms with Gasteiger partial charge in [-0.25, -0.2) is 0 Å². The zero-order valence-electron chi connectivity index (χ0n) is 5.70. The molecule has 0 heterocycles. The summed E-state index contributed by atoms with van der Waals surface area (Å²) in [6, 6.07) is 0. The van der Waals surface area contributed by atoms with E-state index in [2.05, 4.69) is 27.9 Å². The number of halogens is 1. The Hall–Kier alpha value is 0.650. The highest BCUT2D eigenvalue weighted by atomic mass is 127. The lowest BCUT2D eigenvalue weighted by atomic mass is 10.4. The standard InChI is InChI=1S/C6H15IN2/c7-3-1-5-9-6-2-4-8/h9H,1-6,8H2. The molecule has 9 heavy (non-hydrogen) atoms. The van der Waals surface area contributed by atoms with E-state index in [1.807, 2.05) is 0 Å². The van der Waals surface area contributed by atoms with Crippen LogP contribution in [-0.2, 0) is 0 Å². The van der Waals surface area contributed by atoms with E-state index in [0.29, 0.717) is 0 Å². The topological polar surface area (TPSA) is 38.0 Å². The Morgan fingerprint density at radius 2 is 1.89 bits per heavy atom. The molecule has 0 aliphatic heterocycles. The predicted octanol–water partition coefficient (Wildman–Crippen LogP) is 0.750. The zero-order valence-corrected chi connectivity index (χ0v) is 7.86. The third-order valence-electron chi connectivity index (χ3n) is 1.04. The van der Waals surface area contributed by atoms with Crippen LogP contribution in [0.1, 0.15) is 12.8 Å². The van der Waals surface area contributed by atoms with Crippen molar-refractivity contribution in [3.8, 4) is 0 Å². The lowest BCUT2D eigenvalue weighted by Gasteiger charge is -1.99. The second-order valence-corrected chi connectivity index (χ2v) is 3.01. The number of hydrogen-bond acceptors (Lipinski definition) is 2. The van der Waals surface area contributed by atoms with Gasteiger partial charge in [-0.1, -0.05) is 22.6 Å². The molecule has 56 valence electrons. The summed E-state index contributed by atoms with van der Waals surface area (Å²) < 4.78 is 1.24. The van der Waals surface area contributed by atoms with E-state index in [1.54, 1.807) is 0 Å². The highest BCUT2D eigenvalue weighted by Gasteiger charge is 1.83. The van der Waals surface area contributed by atoms with E-state index >= 15 is 0 Å². The summed E-state index contributed by atoms with van der Waals surface area (Å²) in [6.45, 7) is 3.02. The highest BCUT2D eigenvalue weighted by Crippen LogP contribution is 1.84. The summed E-state index contributed by atoms with van der Waals surface area (Å²) in [7, 11) is 0. The first-order valence-corrected chi connectivity index (χ1v) is 4.91. The van der Waals surface area contributed by atoms with Gasteiger partial charge in [-0.05, 0) is 32.5 Å². The Morgan fingerprint density at radius 3 is 2.44 bits per heavy atom. The van der Waals surface area contributed by atoms with Crippen LogP contribution in [0.2, 0.25) is 0 Å². The van der Waals surface area contributed by atoms with Gasteiger partial charge in [0.1, 0.15) is 0 Å². The number of nitrogens with two attached hydrogens (primary N) is 1. The maximum atomic E-state index is 5.30. The van der Waals surface area contributed by atoms with E-state index in [-0.39, 0.29) is 0 Å². The molecule has 3 heteroatoms. The van der Waals surface area contributed by atoms with Crippen LogP contribution in [0.25, 0.3) is 0 Å². The predicted molar refractivity (Wildman–Crippen MR) is 50.0 cm³/mol. The molecule has 0 spiro atoms. The molecule has 0 bridgehead atoms. The normalized spacial score (nSPS) is 10.0. The maximum absolute atomic E-state index is 5.30. The summed E-state index contributed by atoms with van der Waals surface area (Å²) in [5.41, 5.74) is 5.30. The summed E-state index contributed by atoms with van der Waals surface area (Å²) in [5, 5.41) is 3.30. The first-order chi connectivity index (χ1) is 4.41. The van der Waals surface area contributed by atoms with Gasteiger partial charge >= 0.3 is 0 Å². The van der Waals surface area contributed by atoms with Gasteiger partial charge in [0.2, 0.25) is 0 Å². The van der Waals surface area contributed by atoms with E-state index in [9.17, 15) is 0 Å². The van der Waals surface area contributed by atoms with Gasteiger partial charge in [0, 0.05) is 4.43 Å². The number of nitrogens with one attached hydrogen (secondary N) is 1. The van der Waals surface area contributed by atoms with Crippen molar-refractivity contribution in [2.75, 3.05) is 24.1 Å². The van der Waals surface area contributed by atoms with Crippen molar-refractivity contribution >= 4 is 22.6 Å². The smallest absolute Gasteiger partial charge is 0.000735 e. The monoisotopic (exact) mass is 242 g/mol. The largest absolute Gasteiger partial charge is 0.330 e. The fraction of sp³-hybridized carbons (Fsp3) is 1.00. The minimum atomic E-state index is 0.803. The van der Waals surface area contributed by atoms with Gasteiger partial charge in [0.25, 0.3) is 0 Å². The summed E-state index contributed by atoms with van der Waals surface area (Å²) in [5.74, 6) is 0. The molecule has 0 radical (unpaired) electrons. The molecule has 0 unspecified atom stereocenters. The molecule has 0 aromatic rings. The van der Waals surface area contributed by atoms with Gasteiger partial charge in [-0.2, -0.15) is 0 Å². The Labute approximate surface area is 70.7 Å². The Morgan fingerprint density at radius 1 is 1.22 bits per heavy atom. The maximum Gasteiger partial charge on any atom is 0.000735 e. The molecule has 0 aromatic carbocycles.